The van der Waals surface area contributed by atoms with Crippen molar-refractivity contribution >= 4 is 26.7 Å². The summed E-state index contributed by atoms with van der Waals surface area (Å²) in [5, 5.41) is 0.186. The van der Waals surface area contributed by atoms with Crippen molar-refractivity contribution in [1.29, 1.82) is 0 Å². The molecule has 1 atom stereocenters. The first-order valence-corrected chi connectivity index (χ1v) is 5.78. The van der Waals surface area contributed by atoms with E-state index in [2.05, 4.69) is 15.9 Å². The molecule has 0 aliphatic rings. The summed E-state index contributed by atoms with van der Waals surface area (Å²) in [5.74, 6) is 0. The van der Waals surface area contributed by atoms with Gasteiger partial charge in [0.2, 0.25) is 0 Å². The van der Waals surface area contributed by atoms with E-state index in [1.807, 2.05) is 38.1 Å². The maximum atomic E-state index is 11.6. The van der Waals surface area contributed by atoms with Crippen LogP contribution in [-0.2, 0) is 10.8 Å². The SMILES string of the molecule is CC(C)[S@@](=O)c1ccc(Br)cc1. The topological polar surface area (TPSA) is 17.1 Å². The Hall–Kier alpha value is -0.150. The van der Waals surface area contributed by atoms with Gasteiger partial charge in [0.15, 0.2) is 0 Å². The molecule has 1 aromatic rings. The number of hydrogen-bond donors (Lipinski definition) is 0. The standard InChI is InChI=1S/C9H11BrOS/c1-7(2)12(11)9-5-3-8(10)4-6-9/h3-7H,1-2H3/t12-/m1/s1. The van der Waals surface area contributed by atoms with Crippen molar-refractivity contribution in [2.45, 2.75) is 24.0 Å². The summed E-state index contributed by atoms with van der Waals surface area (Å²) < 4.78 is 12.6. The molecule has 0 amide bonds. The quantitative estimate of drug-likeness (QED) is 0.785. The molecule has 1 rings (SSSR count). The smallest absolute Gasteiger partial charge is 0.0555 e. The first-order chi connectivity index (χ1) is 5.61. The lowest BCUT2D eigenvalue weighted by atomic mass is 10.4. The average Bonchev–Trinajstić information content (AvgIpc) is 2.04. The van der Waals surface area contributed by atoms with Gasteiger partial charge in [0.05, 0.1) is 10.8 Å². The minimum Gasteiger partial charge on any atom is -0.254 e. The van der Waals surface area contributed by atoms with E-state index in [1.165, 1.54) is 0 Å². The molecule has 0 radical (unpaired) electrons. The lowest BCUT2D eigenvalue weighted by molar-refractivity contribution is 0.676. The summed E-state index contributed by atoms with van der Waals surface area (Å²) in [6.45, 7) is 3.91. The van der Waals surface area contributed by atoms with Gasteiger partial charge < -0.3 is 0 Å². The zero-order valence-electron chi connectivity index (χ0n) is 7.08. The summed E-state index contributed by atoms with van der Waals surface area (Å²) in [7, 11) is -0.864. The normalized spacial score (nSPS) is 13.3. The van der Waals surface area contributed by atoms with Crippen LogP contribution in [0.4, 0.5) is 0 Å². The predicted molar refractivity (Wildman–Crippen MR) is 55.7 cm³/mol. The van der Waals surface area contributed by atoms with Crippen LogP contribution in [0.5, 0.6) is 0 Å². The first-order valence-electron chi connectivity index (χ1n) is 3.77. The van der Waals surface area contributed by atoms with Gasteiger partial charge in [-0.2, -0.15) is 0 Å². The molecule has 0 N–H and O–H groups in total. The molecule has 1 aromatic carbocycles. The van der Waals surface area contributed by atoms with E-state index in [-0.39, 0.29) is 5.25 Å². The number of halogens is 1. The van der Waals surface area contributed by atoms with Gasteiger partial charge in [0, 0.05) is 14.6 Å². The minimum atomic E-state index is -0.864. The summed E-state index contributed by atoms with van der Waals surface area (Å²) in [5.41, 5.74) is 0. The van der Waals surface area contributed by atoms with Crippen LogP contribution in [0.25, 0.3) is 0 Å². The van der Waals surface area contributed by atoms with Crippen molar-refractivity contribution in [3.05, 3.63) is 28.7 Å². The average molecular weight is 247 g/mol. The molecule has 0 unspecified atom stereocenters. The van der Waals surface area contributed by atoms with Gasteiger partial charge in [0.1, 0.15) is 0 Å². The largest absolute Gasteiger partial charge is 0.254 e. The predicted octanol–water partition coefficient (Wildman–Crippen LogP) is 2.97. The molecule has 0 heterocycles. The lowest BCUT2D eigenvalue weighted by Gasteiger charge is -2.04. The maximum Gasteiger partial charge on any atom is 0.0555 e. The highest BCUT2D eigenvalue weighted by atomic mass is 79.9. The zero-order valence-corrected chi connectivity index (χ0v) is 9.48. The minimum absolute atomic E-state index is 0.186. The molecule has 0 aliphatic carbocycles. The maximum absolute atomic E-state index is 11.6. The van der Waals surface area contributed by atoms with Gasteiger partial charge in [-0.3, -0.25) is 4.21 Å². The van der Waals surface area contributed by atoms with Crippen molar-refractivity contribution in [1.82, 2.24) is 0 Å². The molecule has 12 heavy (non-hydrogen) atoms. The van der Waals surface area contributed by atoms with E-state index >= 15 is 0 Å². The summed E-state index contributed by atoms with van der Waals surface area (Å²) >= 11 is 3.33. The Balaban J connectivity index is 2.90. The second-order valence-corrected chi connectivity index (χ2v) is 5.72. The van der Waals surface area contributed by atoms with Crippen LogP contribution in [0.15, 0.2) is 33.6 Å². The fraction of sp³-hybridized carbons (Fsp3) is 0.333. The van der Waals surface area contributed by atoms with Gasteiger partial charge in [-0.25, -0.2) is 0 Å². The van der Waals surface area contributed by atoms with E-state index in [0.717, 1.165) is 9.37 Å². The highest BCUT2D eigenvalue weighted by Crippen LogP contribution is 2.15. The molecule has 0 aromatic heterocycles. The van der Waals surface area contributed by atoms with Crippen molar-refractivity contribution < 1.29 is 4.21 Å². The zero-order chi connectivity index (χ0) is 9.14. The van der Waals surface area contributed by atoms with E-state index in [4.69, 9.17) is 0 Å². The Kier molecular flexibility index (Phi) is 3.47. The Labute approximate surface area is 83.8 Å². The van der Waals surface area contributed by atoms with Gasteiger partial charge in [-0.1, -0.05) is 29.8 Å². The van der Waals surface area contributed by atoms with Gasteiger partial charge >= 0.3 is 0 Å². The van der Waals surface area contributed by atoms with E-state index < -0.39 is 10.8 Å². The second kappa shape index (κ2) is 4.19. The van der Waals surface area contributed by atoms with Crippen LogP contribution in [0.2, 0.25) is 0 Å². The third kappa shape index (κ3) is 2.42. The third-order valence-corrected chi connectivity index (χ3v) is 3.60. The molecule has 3 heteroatoms. The fourth-order valence-electron chi connectivity index (χ4n) is 0.841. The fourth-order valence-corrected chi connectivity index (χ4v) is 2.05. The molecule has 0 fully saturated rings. The molecule has 66 valence electrons. The molecule has 0 saturated heterocycles. The van der Waals surface area contributed by atoms with E-state index in [0.29, 0.717) is 0 Å². The van der Waals surface area contributed by atoms with Gasteiger partial charge in [-0.05, 0) is 24.3 Å². The Morgan fingerprint density at radius 2 is 1.75 bits per heavy atom. The molecule has 1 nitrogen and oxygen atoms in total. The van der Waals surface area contributed by atoms with Crippen LogP contribution >= 0.6 is 15.9 Å². The van der Waals surface area contributed by atoms with Gasteiger partial charge in [0.25, 0.3) is 0 Å². The monoisotopic (exact) mass is 246 g/mol. The van der Waals surface area contributed by atoms with Crippen LogP contribution in [-0.4, -0.2) is 9.46 Å². The van der Waals surface area contributed by atoms with Crippen LogP contribution in [0, 0.1) is 0 Å². The van der Waals surface area contributed by atoms with Crippen molar-refractivity contribution in [3.8, 4) is 0 Å². The Morgan fingerprint density at radius 3 is 2.17 bits per heavy atom. The van der Waals surface area contributed by atoms with Gasteiger partial charge in [-0.15, -0.1) is 0 Å². The van der Waals surface area contributed by atoms with Crippen LogP contribution < -0.4 is 0 Å². The second-order valence-electron chi connectivity index (χ2n) is 2.80. The molecule has 0 spiro atoms. The molecular weight excluding hydrogens is 236 g/mol. The number of benzene rings is 1. The molecule has 0 saturated carbocycles. The lowest BCUT2D eigenvalue weighted by Crippen LogP contribution is -2.05. The van der Waals surface area contributed by atoms with E-state index in [9.17, 15) is 4.21 Å². The van der Waals surface area contributed by atoms with Crippen molar-refractivity contribution in [2.75, 3.05) is 0 Å². The number of rotatable bonds is 2. The Morgan fingerprint density at radius 1 is 1.25 bits per heavy atom. The van der Waals surface area contributed by atoms with Crippen molar-refractivity contribution in [3.63, 3.8) is 0 Å². The first kappa shape index (κ1) is 9.93. The number of hydrogen-bond acceptors (Lipinski definition) is 1. The summed E-state index contributed by atoms with van der Waals surface area (Å²) in [4.78, 5) is 0.896. The van der Waals surface area contributed by atoms with Crippen LogP contribution in [0.3, 0.4) is 0 Å². The Bertz CT molecular complexity index is 279. The third-order valence-electron chi connectivity index (χ3n) is 1.47. The molecule has 0 aliphatic heterocycles. The molecule has 0 bridgehead atoms. The highest BCUT2D eigenvalue weighted by molar-refractivity contribution is 9.10. The van der Waals surface area contributed by atoms with Crippen LogP contribution in [0.1, 0.15) is 13.8 Å². The van der Waals surface area contributed by atoms with E-state index in [1.54, 1.807) is 0 Å². The van der Waals surface area contributed by atoms with Crippen molar-refractivity contribution in [2.24, 2.45) is 0 Å². The summed E-state index contributed by atoms with van der Waals surface area (Å²) in [6.07, 6.45) is 0. The highest BCUT2D eigenvalue weighted by Gasteiger charge is 2.06. The molecular formula is C9H11BrOS. The summed E-state index contributed by atoms with van der Waals surface area (Å²) in [6, 6.07) is 7.60.